The van der Waals surface area contributed by atoms with E-state index >= 15 is 0 Å². The minimum absolute atomic E-state index is 0.0351. The van der Waals surface area contributed by atoms with E-state index in [0.29, 0.717) is 5.57 Å². The van der Waals surface area contributed by atoms with Crippen molar-refractivity contribution in [3.05, 3.63) is 11.1 Å². The predicted molar refractivity (Wildman–Crippen MR) is 52.6 cm³/mol. The van der Waals surface area contributed by atoms with Crippen molar-refractivity contribution >= 4 is 11.8 Å². The van der Waals surface area contributed by atoms with E-state index in [2.05, 4.69) is 16.0 Å². The quantitative estimate of drug-likeness (QED) is 0.496. The summed E-state index contributed by atoms with van der Waals surface area (Å²) in [5.41, 5.74) is 1.83. The molecule has 78 valence electrons. The van der Waals surface area contributed by atoms with Crippen LogP contribution in [0, 0.1) is 0 Å². The standard InChI is InChI=1S/C9H15N3O2/c1-6(7-3-11-4-7)9(14)12-5-8(13)10-2/h11H,3-5H2,1-2H3,(H,10,13)(H,12,14). The Balaban J connectivity index is 2.38. The summed E-state index contributed by atoms with van der Waals surface area (Å²) in [6.45, 7) is 3.36. The summed E-state index contributed by atoms with van der Waals surface area (Å²) in [6.07, 6.45) is 0. The van der Waals surface area contributed by atoms with E-state index in [4.69, 9.17) is 0 Å². The molecule has 3 N–H and O–H groups in total. The summed E-state index contributed by atoms with van der Waals surface area (Å²) in [5.74, 6) is -0.354. The molecule has 0 aromatic heterocycles. The van der Waals surface area contributed by atoms with Crippen molar-refractivity contribution in [3.63, 3.8) is 0 Å². The molecule has 1 heterocycles. The zero-order chi connectivity index (χ0) is 10.6. The Morgan fingerprint density at radius 2 is 2.07 bits per heavy atom. The van der Waals surface area contributed by atoms with Gasteiger partial charge in [0.2, 0.25) is 11.8 Å². The van der Waals surface area contributed by atoms with Gasteiger partial charge >= 0.3 is 0 Å². The Labute approximate surface area is 82.9 Å². The molecule has 2 amide bonds. The van der Waals surface area contributed by atoms with Gasteiger partial charge in [-0.3, -0.25) is 9.59 Å². The van der Waals surface area contributed by atoms with E-state index in [-0.39, 0.29) is 18.4 Å². The van der Waals surface area contributed by atoms with Crippen molar-refractivity contribution in [1.29, 1.82) is 0 Å². The van der Waals surface area contributed by atoms with Gasteiger partial charge in [0.1, 0.15) is 0 Å². The summed E-state index contributed by atoms with van der Waals surface area (Å²) >= 11 is 0. The topological polar surface area (TPSA) is 70.2 Å². The fourth-order valence-electron chi connectivity index (χ4n) is 1.06. The molecule has 0 unspecified atom stereocenters. The normalized spacial score (nSPS) is 14.3. The van der Waals surface area contributed by atoms with Crippen LogP contribution in [0.1, 0.15) is 6.92 Å². The van der Waals surface area contributed by atoms with Gasteiger partial charge in [0.15, 0.2) is 0 Å². The number of carbonyl (C=O) groups excluding carboxylic acids is 2. The number of carbonyl (C=O) groups is 2. The zero-order valence-corrected chi connectivity index (χ0v) is 8.44. The average molecular weight is 197 g/mol. The molecule has 1 aliphatic rings. The lowest BCUT2D eigenvalue weighted by Crippen LogP contribution is -2.40. The van der Waals surface area contributed by atoms with Crippen LogP contribution in [0.4, 0.5) is 0 Å². The summed E-state index contributed by atoms with van der Waals surface area (Å²) in [6, 6.07) is 0. The average Bonchev–Trinajstić information content (AvgIpc) is 2.10. The molecular formula is C9H15N3O2. The zero-order valence-electron chi connectivity index (χ0n) is 8.44. The molecule has 0 saturated carbocycles. The minimum Gasteiger partial charge on any atom is -0.358 e. The van der Waals surface area contributed by atoms with Gasteiger partial charge in [-0.1, -0.05) is 0 Å². The first kappa shape index (κ1) is 10.7. The van der Waals surface area contributed by atoms with Gasteiger partial charge in [0.25, 0.3) is 0 Å². The summed E-state index contributed by atoms with van der Waals surface area (Å²) in [7, 11) is 1.54. The van der Waals surface area contributed by atoms with Crippen molar-refractivity contribution in [2.45, 2.75) is 6.92 Å². The van der Waals surface area contributed by atoms with Crippen LogP contribution in [-0.4, -0.2) is 38.5 Å². The Morgan fingerprint density at radius 3 is 2.50 bits per heavy atom. The fraction of sp³-hybridized carbons (Fsp3) is 0.556. The third-order valence-corrected chi connectivity index (χ3v) is 2.24. The monoisotopic (exact) mass is 197 g/mol. The molecule has 0 spiro atoms. The molecule has 0 aromatic rings. The van der Waals surface area contributed by atoms with Crippen molar-refractivity contribution in [2.24, 2.45) is 0 Å². The summed E-state index contributed by atoms with van der Waals surface area (Å²) in [4.78, 5) is 22.3. The van der Waals surface area contributed by atoms with Gasteiger partial charge in [-0.15, -0.1) is 0 Å². The van der Waals surface area contributed by atoms with Crippen LogP contribution in [0.2, 0.25) is 0 Å². The van der Waals surface area contributed by atoms with Crippen LogP contribution in [0.3, 0.4) is 0 Å². The molecule has 5 nitrogen and oxygen atoms in total. The first-order valence-electron chi connectivity index (χ1n) is 4.53. The van der Waals surface area contributed by atoms with E-state index in [1.807, 2.05) is 0 Å². The molecule has 0 aromatic carbocycles. The van der Waals surface area contributed by atoms with Crippen molar-refractivity contribution in [1.82, 2.24) is 16.0 Å². The van der Waals surface area contributed by atoms with Crippen LogP contribution < -0.4 is 16.0 Å². The smallest absolute Gasteiger partial charge is 0.247 e. The van der Waals surface area contributed by atoms with Gasteiger partial charge in [-0.25, -0.2) is 0 Å². The lowest BCUT2D eigenvalue weighted by Gasteiger charge is -2.21. The highest BCUT2D eigenvalue weighted by atomic mass is 16.2. The van der Waals surface area contributed by atoms with Crippen LogP contribution in [0.15, 0.2) is 11.1 Å². The van der Waals surface area contributed by atoms with Crippen LogP contribution in [0.5, 0.6) is 0 Å². The highest BCUT2D eigenvalue weighted by Crippen LogP contribution is 2.08. The number of hydrogen-bond acceptors (Lipinski definition) is 3. The predicted octanol–water partition coefficient (Wildman–Crippen LogP) is -1.23. The third kappa shape index (κ3) is 2.56. The second-order valence-corrected chi connectivity index (χ2v) is 3.19. The maximum atomic E-state index is 11.4. The van der Waals surface area contributed by atoms with Gasteiger partial charge in [0, 0.05) is 25.7 Å². The number of hydrogen-bond donors (Lipinski definition) is 3. The van der Waals surface area contributed by atoms with Crippen LogP contribution >= 0.6 is 0 Å². The molecule has 0 aliphatic carbocycles. The van der Waals surface area contributed by atoms with Crippen LogP contribution in [-0.2, 0) is 9.59 Å². The minimum atomic E-state index is -0.192. The van der Waals surface area contributed by atoms with Crippen LogP contribution in [0.25, 0.3) is 0 Å². The van der Waals surface area contributed by atoms with E-state index < -0.39 is 0 Å². The summed E-state index contributed by atoms with van der Waals surface area (Å²) in [5, 5.41) is 8.04. The SMILES string of the molecule is CNC(=O)CNC(=O)C(C)=C1CNC1. The molecule has 1 aliphatic heterocycles. The van der Waals surface area contributed by atoms with E-state index in [9.17, 15) is 9.59 Å². The Hall–Kier alpha value is -1.36. The molecule has 1 rings (SSSR count). The molecule has 1 fully saturated rings. The number of nitrogens with one attached hydrogen (secondary N) is 3. The first-order valence-corrected chi connectivity index (χ1v) is 4.53. The highest BCUT2D eigenvalue weighted by Gasteiger charge is 2.15. The molecule has 14 heavy (non-hydrogen) atoms. The third-order valence-electron chi connectivity index (χ3n) is 2.24. The number of rotatable bonds is 3. The second kappa shape index (κ2) is 4.76. The maximum Gasteiger partial charge on any atom is 0.247 e. The van der Waals surface area contributed by atoms with Gasteiger partial charge in [-0.05, 0) is 12.5 Å². The lowest BCUT2D eigenvalue weighted by molar-refractivity contribution is -0.124. The lowest BCUT2D eigenvalue weighted by atomic mass is 10.0. The highest BCUT2D eigenvalue weighted by molar-refractivity contribution is 5.96. The maximum absolute atomic E-state index is 11.4. The molecule has 1 saturated heterocycles. The number of likely N-dealkylation sites (N-methyl/N-ethyl adjacent to an activating group) is 1. The van der Waals surface area contributed by atoms with E-state index in [1.54, 1.807) is 6.92 Å². The largest absolute Gasteiger partial charge is 0.358 e. The Morgan fingerprint density at radius 1 is 1.43 bits per heavy atom. The fourth-order valence-corrected chi connectivity index (χ4v) is 1.06. The van der Waals surface area contributed by atoms with Gasteiger partial charge in [0.05, 0.1) is 6.54 Å². The molecule has 0 atom stereocenters. The van der Waals surface area contributed by atoms with Crippen molar-refractivity contribution < 1.29 is 9.59 Å². The van der Waals surface area contributed by atoms with E-state index in [0.717, 1.165) is 18.7 Å². The molecular weight excluding hydrogens is 182 g/mol. The molecule has 0 radical (unpaired) electrons. The van der Waals surface area contributed by atoms with Crippen molar-refractivity contribution in [2.75, 3.05) is 26.7 Å². The van der Waals surface area contributed by atoms with Gasteiger partial charge < -0.3 is 16.0 Å². The first-order chi connectivity index (χ1) is 6.65. The molecule has 5 heteroatoms. The van der Waals surface area contributed by atoms with E-state index in [1.165, 1.54) is 7.05 Å². The summed E-state index contributed by atoms with van der Waals surface area (Å²) < 4.78 is 0. The van der Waals surface area contributed by atoms with Crippen molar-refractivity contribution in [3.8, 4) is 0 Å². The van der Waals surface area contributed by atoms with Gasteiger partial charge in [-0.2, -0.15) is 0 Å². The Bertz CT molecular complexity index is 278. The Kier molecular flexibility index (Phi) is 3.64. The number of amides is 2. The second-order valence-electron chi connectivity index (χ2n) is 3.19. The molecule has 0 bridgehead atoms.